The predicted octanol–water partition coefficient (Wildman–Crippen LogP) is 3.64. The minimum absolute atomic E-state index is 0.100. The second-order valence-corrected chi connectivity index (χ2v) is 4.63. The van der Waals surface area contributed by atoms with Crippen LogP contribution in [0.4, 0.5) is 0 Å². The quantitative estimate of drug-likeness (QED) is 0.457. The van der Waals surface area contributed by atoms with Crippen LogP contribution >= 0.6 is 15.9 Å². The molecule has 0 saturated heterocycles. The summed E-state index contributed by atoms with van der Waals surface area (Å²) in [6.45, 7) is 0. The van der Waals surface area contributed by atoms with Gasteiger partial charge in [0.1, 0.15) is 0 Å². The Balaban J connectivity index is 2.17. The highest BCUT2D eigenvalue weighted by Gasteiger charge is 2.25. The predicted molar refractivity (Wildman–Crippen MR) is 76.0 cm³/mol. The van der Waals surface area contributed by atoms with E-state index in [1.807, 2.05) is 42.5 Å². The molecule has 2 aromatic carbocycles. The minimum Gasteiger partial charge on any atom is -0.289 e. The summed E-state index contributed by atoms with van der Waals surface area (Å²) < 4.78 is 0. The van der Waals surface area contributed by atoms with E-state index in [1.54, 1.807) is 0 Å². The minimum atomic E-state index is 0.100. The van der Waals surface area contributed by atoms with Crippen LogP contribution < -0.4 is 0 Å². The Kier molecular flexibility index (Phi) is 2.77. The maximum absolute atomic E-state index is 12.3. The van der Waals surface area contributed by atoms with Crippen LogP contribution in [0.3, 0.4) is 0 Å². The molecular formula is C16H9BrO. The lowest BCUT2D eigenvalue weighted by Gasteiger charge is -1.99. The van der Waals surface area contributed by atoms with Gasteiger partial charge >= 0.3 is 0 Å². The number of rotatable bonds is 0. The van der Waals surface area contributed by atoms with Crippen molar-refractivity contribution < 1.29 is 4.79 Å². The molecule has 86 valence electrons. The normalized spacial score (nSPS) is 11.5. The maximum atomic E-state index is 12.3. The van der Waals surface area contributed by atoms with Crippen molar-refractivity contribution in [3.63, 3.8) is 0 Å². The summed E-state index contributed by atoms with van der Waals surface area (Å²) in [6, 6.07) is 13.5. The first-order valence-electron chi connectivity index (χ1n) is 5.64. The lowest BCUT2D eigenvalue weighted by Crippen LogP contribution is -1.95. The largest absolute Gasteiger partial charge is 0.289 e. The zero-order chi connectivity index (χ0) is 12.5. The zero-order valence-corrected chi connectivity index (χ0v) is 11.1. The van der Waals surface area contributed by atoms with Crippen molar-refractivity contribution in [2.45, 2.75) is 0 Å². The van der Waals surface area contributed by atoms with Crippen molar-refractivity contribution >= 4 is 21.7 Å². The molecule has 2 heteroatoms. The van der Waals surface area contributed by atoms with Crippen molar-refractivity contribution in [3.8, 4) is 23.0 Å². The molecule has 0 amide bonds. The molecule has 0 unspecified atom stereocenters. The van der Waals surface area contributed by atoms with E-state index < -0.39 is 0 Å². The number of hydrogen-bond donors (Lipinski definition) is 0. The molecule has 2 aromatic rings. The SMILES string of the molecule is O=C1c2ccccc2-c2ccc(C#CCBr)cc21. The number of ketones is 1. The summed E-state index contributed by atoms with van der Waals surface area (Å²) in [6.07, 6.45) is 0. The Morgan fingerprint density at radius 3 is 2.44 bits per heavy atom. The number of fused-ring (bicyclic) bond motifs is 3. The monoisotopic (exact) mass is 296 g/mol. The number of halogens is 1. The molecule has 0 heterocycles. The van der Waals surface area contributed by atoms with Gasteiger partial charge in [0.25, 0.3) is 0 Å². The molecule has 0 atom stereocenters. The third kappa shape index (κ3) is 1.68. The van der Waals surface area contributed by atoms with E-state index in [2.05, 4.69) is 27.8 Å². The molecule has 0 saturated carbocycles. The van der Waals surface area contributed by atoms with Gasteiger partial charge in [0.2, 0.25) is 0 Å². The summed E-state index contributed by atoms with van der Waals surface area (Å²) in [5.74, 6) is 6.07. The van der Waals surface area contributed by atoms with E-state index in [-0.39, 0.29) is 5.78 Å². The standard InChI is InChI=1S/C16H9BrO/c17-9-3-4-11-7-8-13-12-5-1-2-6-14(12)16(18)15(13)10-11/h1-2,5-8,10H,9H2. The number of carbonyl (C=O) groups excluding carboxylic acids is 1. The summed E-state index contributed by atoms with van der Waals surface area (Å²) in [4.78, 5) is 12.3. The molecule has 0 aliphatic heterocycles. The fraction of sp³-hybridized carbons (Fsp3) is 0.0625. The van der Waals surface area contributed by atoms with Gasteiger partial charge in [-0.2, -0.15) is 0 Å². The molecule has 0 aromatic heterocycles. The van der Waals surface area contributed by atoms with Crippen LogP contribution in [-0.4, -0.2) is 11.1 Å². The summed E-state index contributed by atoms with van der Waals surface area (Å²) in [5.41, 5.74) is 4.47. The first-order chi connectivity index (χ1) is 8.81. The first-order valence-corrected chi connectivity index (χ1v) is 6.76. The molecular weight excluding hydrogens is 288 g/mol. The van der Waals surface area contributed by atoms with Crippen LogP contribution in [0.5, 0.6) is 0 Å². The molecule has 0 spiro atoms. The van der Waals surface area contributed by atoms with Gasteiger partial charge in [0.15, 0.2) is 5.78 Å². The zero-order valence-electron chi connectivity index (χ0n) is 9.53. The molecule has 1 aliphatic rings. The average Bonchev–Trinajstić information content (AvgIpc) is 2.71. The van der Waals surface area contributed by atoms with Gasteiger partial charge in [-0.05, 0) is 23.3 Å². The van der Waals surface area contributed by atoms with Crippen molar-refractivity contribution in [3.05, 3.63) is 59.2 Å². The summed E-state index contributed by atoms with van der Waals surface area (Å²) in [5, 5.41) is 0.637. The molecule has 0 bridgehead atoms. The molecule has 1 aliphatic carbocycles. The Morgan fingerprint density at radius 1 is 0.944 bits per heavy atom. The van der Waals surface area contributed by atoms with Crippen LogP contribution in [-0.2, 0) is 0 Å². The van der Waals surface area contributed by atoms with Gasteiger partial charge in [0.05, 0.1) is 5.33 Å². The molecule has 0 N–H and O–H groups in total. The van der Waals surface area contributed by atoms with Crippen LogP contribution in [0, 0.1) is 11.8 Å². The van der Waals surface area contributed by atoms with E-state index in [0.29, 0.717) is 5.33 Å². The maximum Gasteiger partial charge on any atom is 0.194 e. The van der Waals surface area contributed by atoms with Crippen molar-refractivity contribution in [1.82, 2.24) is 0 Å². The number of alkyl halides is 1. The van der Waals surface area contributed by atoms with Crippen molar-refractivity contribution in [2.75, 3.05) is 5.33 Å². The summed E-state index contributed by atoms with van der Waals surface area (Å²) >= 11 is 3.26. The first kappa shape index (κ1) is 11.3. The van der Waals surface area contributed by atoms with Gasteiger partial charge in [-0.3, -0.25) is 4.79 Å². The highest BCUT2D eigenvalue weighted by molar-refractivity contribution is 9.09. The Morgan fingerprint density at radius 2 is 1.67 bits per heavy atom. The van der Waals surface area contributed by atoms with E-state index >= 15 is 0 Å². The lowest BCUT2D eigenvalue weighted by molar-refractivity contribution is 0.104. The molecule has 0 radical (unpaired) electrons. The van der Waals surface area contributed by atoms with E-state index in [4.69, 9.17) is 0 Å². The Bertz CT molecular complexity index is 705. The third-order valence-corrected chi connectivity index (χ3v) is 3.31. The van der Waals surface area contributed by atoms with Crippen molar-refractivity contribution in [1.29, 1.82) is 0 Å². The molecule has 3 rings (SSSR count). The van der Waals surface area contributed by atoms with Crippen molar-refractivity contribution in [2.24, 2.45) is 0 Å². The average molecular weight is 297 g/mol. The topological polar surface area (TPSA) is 17.1 Å². The highest BCUT2D eigenvalue weighted by atomic mass is 79.9. The van der Waals surface area contributed by atoms with E-state index in [9.17, 15) is 4.79 Å². The van der Waals surface area contributed by atoms with Crippen LogP contribution in [0.2, 0.25) is 0 Å². The van der Waals surface area contributed by atoms with Gasteiger partial charge < -0.3 is 0 Å². The third-order valence-electron chi connectivity index (χ3n) is 3.03. The van der Waals surface area contributed by atoms with Gasteiger partial charge in [-0.25, -0.2) is 0 Å². The van der Waals surface area contributed by atoms with Crippen LogP contribution in [0.1, 0.15) is 21.5 Å². The lowest BCUT2D eigenvalue weighted by atomic mass is 10.0. The Labute approximate surface area is 114 Å². The van der Waals surface area contributed by atoms with E-state index in [0.717, 1.165) is 27.8 Å². The smallest absolute Gasteiger partial charge is 0.194 e. The molecule has 1 nitrogen and oxygen atoms in total. The summed E-state index contributed by atoms with van der Waals surface area (Å²) in [7, 11) is 0. The second kappa shape index (κ2) is 4.44. The van der Waals surface area contributed by atoms with Crippen LogP contribution in [0.15, 0.2) is 42.5 Å². The molecule has 18 heavy (non-hydrogen) atoms. The number of hydrogen-bond acceptors (Lipinski definition) is 1. The fourth-order valence-corrected chi connectivity index (χ4v) is 2.38. The van der Waals surface area contributed by atoms with Crippen LogP contribution in [0.25, 0.3) is 11.1 Å². The second-order valence-electron chi connectivity index (χ2n) is 4.07. The molecule has 0 fully saturated rings. The number of benzene rings is 2. The fourth-order valence-electron chi connectivity index (χ4n) is 2.24. The van der Waals surface area contributed by atoms with Gasteiger partial charge in [0, 0.05) is 16.7 Å². The Hall–Kier alpha value is -1.85. The number of carbonyl (C=O) groups is 1. The highest BCUT2D eigenvalue weighted by Crippen LogP contribution is 2.36. The van der Waals surface area contributed by atoms with Gasteiger partial charge in [-0.15, -0.1) is 0 Å². The van der Waals surface area contributed by atoms with Gasteiger partial charge in [-0.1, -0.05) is 58.1 Å². The van der Waals surface area contributed by atoms with E-state index in [1.165, 1.54) is 0 Å².